The van der Waals surface area contributed by atoms with Crippen molar-refractivity contribution < 1.29 is 4.57 Å². The van der Waals surface area contributed by atoms with E-state index in [0.717, 1.165) is 77.2 Å². The number of aromatic nitrogens is 4. The number of hydrogen-bond acceptors (Lipinski definition) is 4. The van der Waals surface area contributed by atoms with Crippen LogP contribution in [0.1, 0.15) is 22.3 Å². The fourth-order valence-electron chi connectivity index (χ4n) is 11.4. The number of hydrogen-bond donors (Lipinski definition) is 0. The maximum absolute atomic E-state index is 16.6. The number of nitrogens with zero attached hydrogens (tertiary/aromatic N) is 4. The molecule has 0 bridgehead atoms. The molecule has 0 saturated carbocycles. The molecular weight excluding hydrogens is 872 g/mol. The van der Waals surface area contributed by atoms with Gasteiger partial charge in [-0.2, -0.15) is 0 Å². The quantitative estimate of drug-likeness (QED) is 0.156. The molecule has 6 heteroatoms. The van der Waals surface area contributed by atoms with Crippen molar-refractivity contribution in [3.05, 3.63) is 271 Å². The first-order chi connectivity index (χ1) is 34.6. The van der Waals surface area contributed by atoms with Gasteiger partial charge < -0.3 is 9.13 Å². The zero-order valence-electron chi connectivity index (χ0n) is 37.8. The minimum atomic E-state index is -3.41. The fourth-order valence-corrected chi connectivity index (χ4v) is 14.6. The van der Waals surface area contributed by atoms with Crippen LogP contribution in [0.25, 0.3) is 83.9 Å². The highest BCUT2D eigenvalue weighted by Crippen LogP contribution is 2.61. The Balaban J connectivity index is 0.963. The first-order valence-electron chi connectivity index (χ1n) is 23.7. The Bertz CT molecular complexity index is 4080. The van der Waals surface area contributed by atoms with Gasteiger partial charge in [-0.3, -0.25) is 0 Å². The second-order valence-corrected chi connectivity index (χ2v) is 20.9. The number of fused-ring (bicyclic) bond motifs is 11. The minimum Gasteiger partial charge on any atom is -0.309 e. The largest absolute Gasteiger partial charge is 0.309 e. The lowest BCUT2D eigenvalue weighted by molar-refractivity contribution is 0.590. The summed E-state index contributed by atoms with van der Waals surface area (Å²) < 4.78 is 19.1. The average molecular weight is 913 g/mol. The van der Waals surface area contributed by atoms with E-state index in [4.69, 9.17) is 15.0 Å². The van der Waals surface area contributed by atoms with Crippen LogP contribution in [0.3, 0.4) is 0 Å². The van der Waals surface area contributed by atoms with E-state index in [1.54, 1.807) is 0 Å². The van der Waals surface area contributed by atoms with Gasteiger partial charge in [-0.05, 0) is 68.8 Å². The van der Waals surface area contributed by atoms with Gasteiger partial charge in [0.2, 0.25) is 0 Å². The predicted molar refractivity (Wildman–Crippen MR) is 286 cm³/mol. The van der Waals surface area contributed by atoms with E-state index >= 15 is 4.57 Å². The highest BCUT2D eigenvalue weighted by atomic mass is 31.2. The predicted octanol–water partition coefficient (Wildman–Crippen LogP) is 14.0. The molecule has 2 atom stereocenters. The maximum Gasteiger partial charge on any atom is 0.171 e. The summed E-state index contributed by atoms with van der Waals surface area (Å²) in [5.41, 5.74) is 14.1. The molecule has 328 valence electrons. The second-order valence-electron chi connectivity index (χ2n) is 18.2. The summed E-state index contributed by atoms with van der Waals surface area (Å²) in [5.74, 6) is 1.81. The number of rotatable bonds is 6. The summed E-state index contributed by atoms with van der Waals surface area (Å²) in [4.78, 5) is 15.2. The smallest absolute Gasteiger partial charge is 0.171 e. The lowest BCUT2D eigenvalue weighted by Crippen LogP contribution is -2.48. The van der Waals surface area contributed by atoms with Crippen molar-refractivity contribution in [2.75, 3.05) is 0 Å². The summed E-state index contributed by atoms with van der Waals surface area (Å²) in [6.07, 6.45) is 0. The Kier molecular flexibility index (Phi) is 9.01. The van der Waals surface area contributed by atoms with Crippen LogP contribution < -0.4 is 15.9 Å². The fraction of sp³-hybridized carbons (Fsp3) is 0.0156. The molecule has 14 rings (SSSR count). The summed E-state index contributed by atoms with van der Waals surface area (Å²) in [6.45, 7) is 0. The zero-order chi connectivity index (χ0) is 46.4. The van der Waals surface area contributed by atoms with Crippen molar-refractivity contribution in [3.8, 4) is 62.1 Å². The van der Waals surface area contributed by atoms with Crippen molar-refractivity contribution in [3.63, 3.8) is 0 Å². The van der Waals surface area contributed by atoms with Crippen molar-refractivity contribution in [1.29, 1.82) is 0 Å². The molecule has 2 aliphatic heterocycles. The molecule has 2 aromatic heterocycles. The number of para-hydroxylation sites is 3. The molecule has 12 aromatic rings. The maximum atomic E-state index is 16.6. The summed E-state index contributed by atoms with van der Waals surface area (Å²) in [6, 6.07) is 87.0. The first-order valence-corrected chi connectivity index (χ1v) is 25.4. The van der Waals surface area contributed by atoms with Crippen molar-refractivity contribution in [1.82, 2.24) is 19.5 Å². The van der Waals surface area contributed by atoms with Gasteiger partial charge in [-0.25, -0.2) is 15.0 Å². The van der Waals surface area contributed by atoms with Crippen molar-refractivity contribution in [2.45, 2.75) is 5.41 Å². The van der Waals surface area contributed by atoms with Crippen LogP contribution in [0.5, 0.6) is 0 Å². The minimum absolute atomic E-state index is 0.592. The molecule has 5 nitrogen and oxygen atoms in total. The molecule has 1 spiro atoms. The van der Waals surface area contributed by atoms with Crippen LogP contribution in [0.15, 0.2) is 249 Å². The topological polar surface area (TPSA) is 60.7 Å². The molecule has 0 fully saturated rings. The van der Waals surface area contributed by atoms with Crippen LogP contribution >= 0.6 is 7.14 Å². The van der Waals surface area contributed by atoms with Crippen LogP contribution in [0.4, 0.5) is 0 Å². The molecule has 2 unspecified atom stereocenters. The third-order valence-corrected chi connectivity index (χ3v) is 17.7. The van der Waals surface area contributed by atoms with Gasteiger partial charge in [0.25, 0.3) is 0 Å². The van der Waals surface area contributed by atoms with Crippen LogP contribution in [-0.2, 0) is 9.98 Å². The van der Waals surface area contributed by atoms with E-state index in [0.29, 0.717) is 17.5 Å². The van der Waals surface area contributed by atoms with Crippen molar-refractivity contribution in [2.24, 2.45) is 0 Å². The lowest BCUT2D eigenvalue weighted by atomic mass is 9.62. The molecule has 2 aliphatic rings. The SMILES string of the molecule is O=P1(c2ccccc2)c2ccccc2C2(c3ccccc3-n3c4ccccc4c4cccc2c43)c2cc(-c3ccc(-c4nc(-c5ccccc5)nc(-c5ccc(-c6ccccc6)cc5)n4)cc3)ccc21. The molecule has 0 aliphatic carbocycles. The summed E-state index contributed by atoms with van der Waals surface area (Å²) in [5, 5.41) is 4.97. The average Bonchev–Trinajstić information content (AvgIpc) is 3.79. The highest BCUT2D eigenvalue weighted by Gasteiger charge is 2.54. The van der Waals surface area contributed by atoms with Gasteiger partial charge in [-0.15, -0.1) is 0 Å². The summed E-state index contributed by atoms with van der Waals surface area (Å²) >= 11 is 0. The molecule has 0 radical (unpaired) electrons. The van der Waals surface area contributed by atoms with E-state index in [-0.39, 0.29) is 0 Å². The van der Waals surface area contributed by atoms with Crippen LogP contribution in [0.2, 0.25) is 0 Å². The molecule has 4 heterocycles. The molecule has 0 saturated heterocycles. The van der Waals surface area contributed by atoms with E-state index in [1.165, 1.54) is 27.4 Å². The van der Waals surface area contributed by atoms with Gasteiger partial charge >= 0.3 is 0 Å². The Morgan fingerprint density at radius 2 is 0.800 bits per heavy atom. The van der Waals surface area contributed by atoms with Crippen molar-refractivity contribution >= 4 is 44.9 Å². The second kappa shape index (κ2) is 15.6. The molecule has 70 heavy (non-hydrogen) atoms. The highest BCUT2D eigenvalue weighted by molar-refractivity contribution is 7.85. The van der Waals surface area contributed by atoms with E-state index < -0.39 is 12.6 Å². The normalized spacial score (nSPS) is 16.5. The van der Waals surface area contributed by atoms with Gasteiger partial charge in [-0.1, -0.05) is 224 Å². The zero-order valence-corrected chi connectivity index (χ0v) is 38.7. The monoisotopic (exact) mass is 912 g/mol. The Morgan fingerprint density at radius 1 is 0.343 bits per heavy atom. The Labute approximate surface area is 405 Å². The van der Waals surface area contributed by atoms with E-state index in [9.17, 15) is 0 Å². The van der Waals surface area contributed by atoms with Gasteiger partial charge in [0.15, 0.2) is 24.6 Å². The van der Waals surface area contributed by atoms with Gasteiger partial charge in [0, 0.05) is 43.4 Å². The third-order valence-electron chi connectivity index (χ3n) is 14.5. The van der Waals surface area contributed by atoms with Gasteiger partial charge in [0.05, 0.1) is 22.1 Å². The van der Waals surface area contributed by atoms with Gasteiger partial charge in [0.1, 0.15) is 0 Å². The Hall–Kier alpha value is -8.76. The molecule has 10 aromatic carbocycles. The standard InChI is InChI=1S/C64H41N4OP/c69-70(49-21-8-3-9-22-49)58-30-15-12-26-53(58)64(52-25-11-14-29-57(52)68-56-28-13-10-23-50(56)51-24-16-27-54(64)60(51)68)55-41-48(39-40-59(55)70)44-33-37-47(38-34-44)63-66-61(45-19-6-2-7-20-45)65-62(67-63)46-35-31-43(32-36-46)42-17-4-1-5-18-42/h1-41H. The Morgan fingerprint density at radius 3 is 1.49 bits per heavy atom. The van der Waals surface area contributed by atoms with Crippen LogP contribution in [-0.4, -0.2) is 19.5 Å². The molecular formula is C64H41N4OP. The molecule has 0 N–H and O–H groups in total. The first kappa shape index (κ1) is 40.3. The number of benzene rings is 10. The van der Waals surface area contributed by atoms with E-state index in [1.807, 2.05) is 66.7 Å². The van der Waals surface area contributed by atoms with Crippen LogP contribution in [0, 0.1) is 0 Å². The lowest BCUT2D eigenvalue weighted by Gasteiger charge is -2.47. The van der Waals surface area contributed by atoms with E-state index in [2.05, 4.69) is 187 Å². The third kappa shape index (κ3) is 5.86. The molecule has 0 amide bonds. The summed E-state index contributed by atoms with van der Waals surface area (Å²) in [7, 11) is -3.41.